The molecule has 20 heavy (non-hydrogen) atoms. The first-order valence-corrected chi connectivity index (χ1v) is 7.37. The molecule has 2 rings (SSSR count). The van der Waals surface area contributed by atoms with Gasteiger partial charge in [-0.2, -0.15) is 0 Å². The number of pyridine rings is 1. The van der Waals surface area contributed by atoms with Crippen molar-refractivity contribution in [2.24, 2.45) is 0 Å². The second kappa shape index (κ2) is 5.84. The lowest BCUT2D eigenvalue weighted by molar-refractivity contribution is 0.581. The van der Waals surface area contributed by atoms with E-state index >= 15 is 0 Å². The van der Waals surface area contributed by atoms with Gasteiger partial charge in [-0.15, -0.1) is 11.6 Å². The van der Waals surface area contributed by atoms with E-state index in [9.17, 15) is 4.79 Å². The predicted octanol–water partition coefficient (Wildman–Crippen LogP) is 4.45. The van der Waals surface area contributed by atoms with Crippen LogP contribution in [-0.2, 0) is 5.88 Å². The van der Waals surface area contributed by atoms with Crippen molar-refractivity contribution >= 4 is 11.6 Å². The van der Waals surface area contributed by atoms with Crippen molar-refractivity contribution in [3.63, 3.8) is 0 Å². The van der Waals surface area contributed by atoms with Gasteiger partial charge in [-0.1, -0.05) is 23.8 Å². The van der Waals surface area contributed by atoms with E-state index in [4.69, 9.17) is 11.6 Å². The average Bonchev–Trinajstić information content (AvgIpc) is 2.40. The number of benzene rings is 1. The Balaban J connectivity index is 2.77. The zero-order valence-electron chi connectivity index (χ0n) is 12.4. The molecule has 2 nitrogen and oxygen atoms in total. The smallest absolute Gasteiger partial charge is 0.255 e. The molecule has 0 atom stereocenters. The highest BCUT2D eigenvalue weighted by molar-refractivity contribution is 6.17. The van der Waals surface area contributed by atoms with Crippen LogP contribution in [0.2, 0.25) is 0 Å². The predicted molar refractivity (Wildman–Crippen MR) is 85.6 cm³/mol. The quantitative estimate of drug-likeness (QED) is 0.765. The standard InChI is InChI=1S/C17H20ClNO/c1-11(2)19-16(8-7-14(10-18)17(19)20)15-9-12(3)5-6-13(15)4/h5-9,11H,10H2,1-4H3. The van der Waals surface area contributed by atoms with Crippen molar-refractivity contribution in [1.82, 2.24) is 4.57 Å². The maximum Gasteiger partial charge on any atom is 0.255 e. The number of hydrogen-bond donors (Lipinski definition) is 0. The molecule has 0 saturated heterocycles. The van der Waals surface area contributed by atoms with Gasteiger partial charge in [0.25, 0.3) is 5.56 Å². The molecule has 0 aliphatic rings. The summed E-state index contributed by atoms with van der Waals surface area (Å²) in [5, 5.41) is 0. The molecule has 0 aliphatic heterocycles. The summed E-state index contributed by atoms with van der Waals surface area (Å²) in [6.45, 7) is 8.18. The summed E-state index contributed by atoms with van der Waals surface area (Å²) < 4.78 is 1.83. The minimum absolute atomic E-state index is 0.00778. The number of hydrogen-bond acceptors (Lipinski definition) is 1. The second-order valence-corrected chi connectivity index (χ2v) is 5.73. The Morgan fingerprint density at radius 1 is 1.15 bits per heavy atom. The summed E-state index contributed by atoms with van der Waals surface area (Å²) in [6.07, 6.45) is 0. The third kappa shape index (κ3) is 2.66. The first-order valence-electron chi connectivity index (χ1n) is 6.83. The van der Waals surface area contributed by atoms with E-state index in [1.807, 2.05) is 30.5 Å². The van der Waals surface area contributed by atoms with Crippen LogP contribution in [0.5, 0.6) is 0 Å². The van der Waals surface area contributed by atoms with Crippen LogP contribution < -0.4 is 5.56 Å². The molecular formula is C17H20ClNO. The summed E-state index contributed by atoms with van der Waals surface area (Å²) in [7, 11) is 0. The molecule has 0 N–H and O–H groups in total. The van der Waals surface area contributed by atoms with Gasteiger partial charge in [0.1, 0.15) is 0 Å². The second-order valence-electron chi connectivity index (χ2n) is 5.46. The zero-order chi connectivity index (χ0) is 14.9. The normalized spacial score (nSPS) is 11.1. The van der Waals surface area contributed by atoms with E-state index in [1.165, 1.54) is 11.1 Å². The molecule has 2 aromatic rings. The number of rotatable bonds is 3. The molecule has 1 heterocycles. The largest absolute Gasteiger partial charge is 0.305 e. The van der Waals surface area contributed by atoms with Gasteiger partial charge in [-0.25, -0.2) is 0 Å². The highest BCUT2D eigenvalue weighted by Gasteiger charge is 2.14. The van der Waals surface area contributed by atoms with Crippen LogP contribution in [0.1, 0.15) is 36.6 Å². The lowest BCUT2D eigenvalue weighted by atomic mass is 10.0. The molecular weight excluding hydrogens is 270 g/mol. The molecule has 0 radical (unpaired) electrons. The minimum Gasteiger partial charge on any atom is -0.305 e. The van der Waals surface area contributed by atoms with Crippen LogP contribution in [-0.4, -0.2) is 4.57 Å². The molecule has 106 valence electrons. The highest BCUT2D eigenvalue weighted by atomic mass is 35.5. The molecule has 0 unspecified atom stereocenters. The van der Waals surface area contributed by atoms with E-state index < -0.39 is 0 Å². The Kier molecular flexibility index (Phi) is 4.34. The fraction of sp³-hybridized carbons (Fsp3) is 0.353. The molecule has 0 fully saturated rings. The first-order chi connectivity index (χ1) is 9.45. The summed E-state index contributed by atoms with van der Waals surface area (Å²) >= 11 is 5.85. The molecule has 0 amide bonds. The molecule has 0 saturated carbocycles. The Morgan fingerprint density at radius 3 is 2.45 bits per heavy atom. The van der Waals surface area contributed by atoms with Gasteiger partial charge in [-0.3, -0.25) is 4.79 Å². The van der Waals surface area contributed by atoms with Crippen molar-refractivity contribution in [2.45, 2.75) is 39.6 Å². The maximum atomic E-state index is 12.5. The lowest BCUT2D eigenvalue weighted by Gasteiger charge is -2.19. The SMILES string of the molecule is Cc1ccc(C)c(-c2ccc(CCl)c(=O)n2C(C)C)c1. The molecule has 1 aromatic carbocycles. The fourth-order valence-electron chi connectivity index (χ4n) is 2.44. The van der Waals surface area contributed by atoms with E-state index in [2.05, 4.69) is 32.0 Å². The minimum atomic E-state index is 0.00778. The Hall–Kier alpha value is -1.54. The number of aryl methyl sites for hydroxylation is 2. The van der Waals surface area contributed by atoms with Crippen molar-refractivity contribution < 1.29 is 0 Å². The van der Waals surface area contributed by atoms with Crippen molar-refractivity contribution in [2.75, 3.05) is 0 Å². The third-order valence-electron chi connectivity index (χ3n) is 3.52. The van der Waals surface area contributed by atoms with Crippen LogP contribution >= 0.6 is 11.6 Å². The Bertz CT molecular complexity index is 686. The fourth-order valence-corrected chi connectivity index (χ4v) is 2.64. The molecule has 0 spiro atoms. The van der Waals surface area contributed by atoms with Gasteiger partial charge in [0, 0.05) is 17.2 Å². The molecule has 3 heteroatoms. The van der Waals surface area contributed by atoms with Crippen LogP contribution in [0.3, 0.4) is 0 Å². The van der Waals surface area contributed by atoms with Gasteiger partial charge < -0.3 is 4.57 Å². The van der Waals surface area contributed by atoms with Crippen molar-refractivity contribution in [3.8, 4) is 11.3 Å². The summed E-state index contributed by atoms with van der Waals surface area (Å²) in [4.78, 5) is 12.5. The molecule has 1 aromatic heterocycles. The number of halogens is 1. The molecule has 0 aliphatic carbocycles. The van der Waals surface area contributed by atoms with Crippen molar-refractivity contribution in [3.05, 3.63) is 57.4 Å². The van der Waals surface area contributed by atoms with Gasteiger partial charge in [-0.05, 0) is 45.4 Å². The van der Waals surface area contributed by atoms with Crippen molar-refractivity contribution in [1.29, 1.82) is 0 Å². The molecule has 0 bridgehead atoms. The lowest BCUT2D eigenvalue weighted by Crippen LogP contribution is -2.26. The zero-order valence-corrected chi connectivity index (χ0v) is 13.2. The van der Waals surface area contributed by atoms with Gasteiger partial charge in [0.15, 0.2) is 0 Å². The Morgan fingerprint density at radius 2 is 1.85 bits per heavy atom. The van der Waals surface area contributed by atoms with Gasteiger partial charge >= 0.3 is 0 Å². The first kappa shape index (κ1) is 14.9. The van der Waals surface area contributed by atoms with Crippen LogP contribution in [0.4, 0.5) is 0 Å². The summed E-state index contributed by atoms with van der Waals surface area (Å²) in [5.74, 6) is 0.249. The summed E-state index contributed by atoms with van der Waals surface area (Å²) in [6, 6.07) is 10.2. The summed E-state index contributed by atoms with van der Waals surface area (Å²) in [5.41, 5.74) is 5.08. The van der Waals surface area contributed by atoms with E-state index in [1.54, 1.807) is 0 Å². The van der Waals surface area contributed by atoms with Crippen LogP contribution in [0.25, 0.3) is 11.3 Å². The van der Waals surface area contributed by atoms with Crippen LogP contribution in [0.15, 0.2) is 35.1 Å². The average molecular weight is 290 g/mol. The number of alkyl halides is 1. The highest BCUT2D eigenvalue weighted by Crippen LogP contribution is 2.26. The third-order valence-corrected chi connectivity index (χ3v) is 3.81. The number of nitrogens with zero attached hydrogens (tertiary/aromatic N) is 1. The maximum absolute atomic E-state index is 12.5. The van der Waals surface area contributed by atoms with Gasteiger partial charge in [0.05, 0.1) is 11.6 Å². The van der Waals surface area contributed by atoms with E-state index in [0.29, 0.717) is 5.56 Å². The Labute approximate surface area is 125 Å². The van der Waals surface area contributed by atoms with Gasteiger partial charge in [0.2, 0.25) is 0 Å². The van der Waals surface area contributed by atoms with E-state index in [0.717, 1.165) is 11.3 Å². The monoisotopic (exact) mass is 289 g/mol. The van der Waals surface area contributed by atoms with Crippen LogP contribution in [0, 0.1) is 13.8 Å². The topological polar surface area (TPSA) is 22.0 Å². The van der Waals surface area contributed by atoms with E-state index in [-0.39, 0.29) is 17.5 Å². The number of aromatic nitrogens is 1.